The highest BCUT2D eigenvalue weighted by Crippen LogP contribution is 2.11. The second kappa shape index (κ2) is 11.8. The normalized spacial score (nSPS) is 15.9. The maximum absolute atomic E-state index is 12.8. The molecule has 1 saturated heterocycles. The highest BCUT2D eigenvalue weighted by molar-refractivity contribution is 7.89. The zero-order valence-corrected chi connectivity index (χ0v) is 18.7. The Morgan fingerprint density at radius 3 is 2.38 bits per heavy atom. The van der Waals surface area contributed by atoms with Crippen LogP contribution in [0.15, 0.2) is 65.6 Å². The average molecular weight is 460 g/mol. The van der Waals surface area contributed by atoms with Gasteiger partial charge in [0.05, 0.1) is 24.1 Å². The molecule has 1 atom stereocenters. The van der Waals surface area contributed by atoms with E-state index in [1.807, 2.05) is 30.3 Å². The lowest BCUT2D eigenvalue weighted by molar-refractivity contribution is -0.135. The van der Waals surface area contributed by atoms with Crippen molar-refractivity contribution in [3.63, 3.8) is 0 Å². The molecule has 3 rings (SSSR count). The summed E-state index contributed by atoms with van der Waals surface area (Å²) in [4.78, 5) is 26.7. The number of benzene rings is 2. The molecule has 2 aromatic rings. The van der Waals surface area contributed by atoms with Crippen LogP contribution in [0.25, 0.3) is 0 Å². The van der Waals surface area contributed by atoms with E-state index in [9.17, 15) is 18.0 Å². The van der Waals surface area contributed by atoms with E-state index in [2.05, 4.69) is 10.0 Å². The minimum atomic E-state index is -3.82. The second-order valence-electron chi connectivity index (χ2n) is 7.63. The van der Waals surface area contributed by atoms with Gasteiger partial charge in [-0.3, -0.25) is 9.59 Å². The molecule has 0 saturated carbocycles. The molecule has 2 amide bonds. The van der Waals surface area contributed by atoms with Crippen molar-refractivity contribution in [2.45, 2.75) is 30.3 Å². The molecule has 1 fully saturated rings. The van der Waals surface area contributed by atoms with Crippen molar-refractivity contribution in [1.82, 2.24) is 14.9 Å². The lowest BCUT2D eigenvalue weighted by atomic mass is 10.1. The number of hydrogen-bond donors (Lipinski definition) is 2. The molecule has 0 unspecified atom stereocenters. The predicted molar refractivity (Wildman–Crippen MR) is 120 cm³/mol. The Bertz CT molecular complexity index is 977. The predicted octanol–water partition coefficient (Wildman–Crippen LogP) is 1.33. The molecule has 8 nitrogen and oxygen atoms in total. The van der Waals surface area contributed by atoms with Gasteiger partial charge in [0.25, 0.3) is 0 Å². The zero-order chi connectivity index (χ0) is 22.8. The van der Waals surface area contributed by atoms with E-state index in [4.69, 9.17) is 4.74 Å². The summed E-state index contributed by atoms with van der Waals surface area (Å²) >= 11 is 0. The van der Waals surface area contributed by atoms with Crippen molar-refractivity contribution in [1.29, 1.82) is 0 Å². The van der Waals surface area contributed by atoms with Crippen LogP contribution in [-0.4, -0.2) is 64.0 Å². The summed E-state index contributed by atoms with van der Waals surface area (Å²) < 4.78 is 32.7. The SMILES string of the molecule is O=C(CN(CCc1ccccc1)C(=O)CNS(=O)(=O)c1ccccc1)NC[C@@H]1CCCO1. The Labute approximate surface area is 189 Å². The third-order valence-electron chi connectivity index (χ3n) is 5.22. The molecule has 1 aliphatic heterocycles. The van der Waals surface area contributed by atoms with Crippen molar-refractivity contribution in [3.05, 3.63) is 66.2 Å². The molecule has 2 N–H and O–H groups in total. The standard InChI is InChI=1S/C23H29N3O5S/c27-22(24-16-20-10-7-15-31-20)18-26(14-13-19-8-3-1-4-9-19)23(28)17-25-32(29,30)21-11-5-2-6-12-21/h1-6,8-9,11-12,20,25H,7,10,13-18H2,(H,24,27)/t20-/m0/s1. The summed E-state index contributed by atoms with van der Waals surface area (Å²) in [5.41, 5.74) is 1.02. The van der Waals surface area contributed by atoms with Gasteiger partial charge < -0.3 is 15.0 Å². The Balaban J connectivity index is 1.59. The van der Waals surface area contributed by atoms with Crippen LogP contribution in [0.2, 0.25) is 0 Å². The first-order valence-electron chi connectivity index (χ1n) is 10.7. The number of carbonyl (C=O) groups excluding carboxylic acids is 2. The first-order valence-corrected chi connectivity index (χ1v) is 12.2. The van der Waals surface area contributed by atoms with E-state index in [0.717, 1.165) is 18.4 Å². The van der Waals surface area contributed by atoms with Crippen LogP contribution < -0.4 is 10.0 Å². The van der Waals surface area contributed by atoms with Crippen LogP contribution in [0.1, 0.15) is 18.4 Å². The van der Waals surface area contributed by atoms with E-state index >= 15 is 0 Å². The first kappa shape index (κ1) is 23.9. The monoisotopic (exact) mass is 459 g/mol. The fraction of sp³-hybridized carbons (Fsp3) is 0.391. The van der Waals surface area contributed by atoms with Crippen LogP contribution in [0.3, 0.4) is 0 Å². The maximum atomic E-state index is 12.8. The van der Waals surface area contributed by atoms with Gasteiger partial charge in [0.2, 0.25) is 21.8 Å². The quantitative estimate of drug-likeness (QED) is 0.528. The summed E-state index contributed by atoms with van der Waals surface area (Å²) in [7, 11) is -3.82. The third-order valence-corrected chi connectivity index (χ3v) is 6.64. The number of amides is 2. The topological polar surface area (TPSA) is 105 Å². The number of carbonyl (C=O) groups is 2. The van der Waals surface area contributed by atoms with Gasteiger partial charge in [0.15, 0.2) is 0 Å². The maximum Gasteiger partial charge on any atom is 0.241 e. The highest BCUT2D eigenvalue weighted by atomic mass is 32.2. The van der Waals surface area contributed by atoms with Gasteiger partial charge in [-0.2, -0.15) is 0 Å². The number of nitrogens with one attached hydrogen (secondary N) is 2. The van der Waals surface area contributed by atoms with Crippen molar-refractivity contribution >= 4 is 21.8 Å². The number of sulfonamides is 1. The first-order chi connectivity index (χ1) is 15.4. The highest BCUT2D eigenvalue weighted by Gasteiger charge is 2.22. The van der Waals surface area contributed by atoms with Crippen LogP contribution in [-0.2, 0) is 30.8 Å². The smallest absolute Gasteiger partial charge is 0.241 e. The van der Waals surface area contributed by atoms with Crippen LogP contribution in [0, 0.1) is 0 Å². The molecule has 0 bridgehead atoms. The molecule has 0 radical (unpaired) electrons. The van der Waals surface area contributed by atoms with Gasteiger partial charge in [-0.25, -0.2) is 13.1 Å². The van der Waals surface area contributed by atoms with E-state index in [0.29, 0.717) is 26.1 Å². The van der Waals surface area contributed by atoms with Gasteiger partial charge >= 0.3 is 0 Å². The minimum absolute atomic E-state index is 0.00472. The van der Waals surface area contributed by atoms with Gasteiger partial charge in [-0.1, -0.05) is 48.5 Å². The Kier molecular flexibility index (Phi) is 8.78. The Morgan fingerprint density at radius 2 is 1.72 bits per heavy atom. The molecule has 1 heterocycles. The molecule has 0 aliphatic carbocycles. The number of ether oxygens (including phenoxy) is 1. The Morgan fingerprint density at radius 1 is 1.03 bits per heavy atom. The van der Waals surface area contributed by atoms with Crippen LogP contribution in [0.4, 0.5) is 0 Å². The molecule has 0 spiro atoms. The summed E-state index contributed by atoms with van der Waals surface area (Å²) in [6.07, 6.45) is 2.43. The molecule has 172 valence electrons. The van der Waals surface area contributed by atoms with Crippen LogP contribution in [0.5, 0.6) is 0 Å². The number of nitrogens with zero attached hydrogens (tertiary/aromatic N) is 1. The minimum Gasteiger partial charge on any atom is -0.376 e. The fourth-order valence-corrected chi connectivity index (χ4v) is 4.41. The van der Waals surface area contributed by atoms with Crippen molar-refractivity contribution < 1.29 is 22.7 Å². The summed E-state index contributed by atoms with van der Waals surface area (Å²) in [5, 5.41) is 2.81. The van der Waals surface area contributed by atoms with Crippen LogP contribution >= 0.6 is 0 Å². The molecule has 9 heteroatoms. The van der Waals surface area contributed by atoms with Gasteiger partial charge in [-0.05, 0) is 37.0 Å². The molecular formula is C23H29N3O5S. The largest absolute Gasteiger partial charge is 0.376 e. The van der Waals surface area contributed by atoms with Crippen molar-refractivity contribution in [2.24, 2.45) is 0 Å². The molecule has 32 heavy (non-hydrogen) atoms. The van der Waals surface area contributed by atoms with Gasteiger partial charge in [0.1, 0.15) is 0 Å². The lowest BCUT2D eigenvalue weighted by Crippen LogP contribution is -2.46. The third kappa shape index (κ3) is 7.44. The second-order valence-corrected chi connectivity index (χ2v) is 9.39. The number of hydrogen-bond acceptors (Lipinski definition) is 5. The summed E-state index contributed by atoms with van der Waals surface area (Å²) in [5.74, 6) is -0.763. The van der Waals surface area contributed by atoms with Crippen molar-refractivity contribution in [3.8, 4) is 0 Å². The fourth-order valence-electron chi connectivity index (χ4n) is 3.41. The Hall–Kier alpha value is -2.75. The van der Waals surface area contributed by atoms with E-state index in [1.165, 1.54) is 17.0 Å². The molecule has 1 aliphatic rings. The van der Waals surface area contributed by atoms with E-state index in [1.54, 1.807) is 18.2 Å². The molecular weight excluding hydrogens is 430 g/mol. The zero-order valence-electron chi connectivity index (χ0n) is 17.9. The average Bonchev–Trinajstić information content (AvgIpc) is 3.34. The summed E-state index contributed by atoms with van der Waals surface area (Å²) in [6.45, 7) is 0.823. The van der Waals surface area contributed by atoms with Gasteiger partial charge in [-0.15, -0.1) is 0 Å². The van der Waals surface area contributed by atoms with E-state index in [-0.39, 0.29) is 23.5 Å². The van der Waals surface area contributed by atoms with Crippen molar-refractivity contribution in [2.75, 3.05) is 32.8 Å². The van der Waals surface area contributed by atoms with E-state index < -0.39 is 22.5 Å². The molecule has 0 aromatic heterocycles. The number of rotatable bonds is 11. The van der Waals surface area contributed by atoms with Gasteiger partial charge in [0, 0.05) is 19.7 Å². The molecule has 2 aromatic carbocycles. The lowest BCUT2D eigenvalue weighted by Gasteiger charge is -2.23. The summed E-state index contributed by atoms with van der Waals surface area (Å²) in [6, 6.07) is 17.5.